The van der Waals surface area contributed by atoms with Gasteiger partial charge in [-0.3, -0.25) is 15.0 Å². The van der Waals surface area contributed by atoms with Crippen molar-refractivity contribution in [1.29, 1.82) is 0 Å². The Kier molecular flexibility index (Phi) is 5.83. The minimum absolute atomic E-state index is 0.180. The van der Waals surface area contributed by atoms with Crippen LogP contribution in [0.1, 0.15) is 58.3 Å². The number of carbonyl (C=O) groups excluding carboxylic acids is 2. The van der Waals surface area contributed by atoms with E-state index in [9.17, 15) is 9.59 Å². The average Bonchev–Trinajstić information content (AvgIpc) is 2.48. The van der Waals surface area contributed by atoms with Gasteiger partial charge >= 0.3 is 6.03 Å². The second kappa shape index (κ2) is 7.62. The summed E-state index contributed by atoms with van der Waals surface area (Å²) in [5, 5.41) is 5.41. The molecule has 3 amide bonds. The fourth-order valence-electron chi connectivity index (χ4n) is 3.16. The van der Waals surface area contributed by atoms with Gasteiger partial charge in [0.05, 0.1) is 6.04 Å². The number of hydrogen-bond donors (Lipinski definition) is 2. The van der Waals surface area contributed by atoms with Crippen LogP contribution in [0.4, 0.5) is 4.79 Å². The molecular formula is C15H27N3O2. The molecule has 20 heavy (non-hydrogen) atoms. The molecule has 0 radical (unpaired) electrons. The zero-order valence-corrected chi connectivity index (χ0v) is 12.5. The standard InChI is InChI=1S/C15H27N3O2/c1-12(18-10-6-3-7-11-18)14(19)17-15(20)16-13-8-4-2-5-9-13/h12-13H,2-11H2,1H3,(H2,16,17,19,20)/t12-/m0/s1. The van der Waals surface area contributed by atoms with E-state index in [4.69, 9.17) is 0 Å². The Morgan fingerprint density at radius 3 is 2.25 bits per heavy atom. The third kappa shape index (κ3) is 4.47. The van der Waals surface area contributed by atoms with E-state index >= 15 is 0 Å². The summed E-state index contributed by atoms with van der Waals surface area (Å²) >= 11 is 0. The van der Waals surface area contributed by atoms with Crippen molar-refractivity contribution in [2.75, 3.05) is 13.1 Å². The molecule has 1 saturated carbocycles. The maximum atomic E-state index is 12.1. The number of carbonyl (C=O) groups is 2. The normalized spacial score (nSPS) is 23.1. The Balaban J connectivity index is 1.73. The molecule has 0 spiro atoms. The van der Waals surface area contributed by atoms with Gasteiger partial charge in [-0.1, -0.05) is 25.7 Å². The molecule has 0 aromatic rings. The Bertz CT molecular complexity index is 334. The van der Waals surface area contributed by atoms with Crippen LogP contribution in [0.25, 0.3) is 0 Å². The average molecular weight is 281 g/mol. The summed E-state index contributed by atoms with van der Waals surface area (Å²) in [6.45, 7) is 3.80. The molecule has 5 heteroatoms. The first kappa shape index (κ1) is 15.3. The lowest BCUT2D eigenvalue weighted by molar-refractivity contribution is -0.125. The zero-order chi connectivity index (χ0) is 14.4. The first-order valence-electron chi connectivity index (χ1n) is 8.02. The number of rotatable bonds is 3. The molecule has 0 aromatic heterocycles. The van der Waals surface area contributed by atoms with E-state index < -0.39 is 0 Å². The highest BCUT2D eigenvalue weighted by atomic mass is 16.2. The number of urea groups is 1. The van der Waals surface area contributed by atoms with Crippen molar-refractivity contribution >= 4 is 11.9 Å². The number of piperidine rings is 1. The van der Waals surface area contributed by atoms with Gasteiger partial charge in [-0.2, -0.15) is 0 Å². The van der Waals surface area contributed by atoms with Crippen LogP contribution in [0.5, 0.6) is 0 Å². The van der Waals surface area contributed by atoms with Gasteiger partial charge in [0.25, 0.3) is 0 Å². The Labute approximate surface area is 121 Å². The maximum absolute atomic E-state index is 12.1. The fourth-order valence-corrected chi connectivity index (χ4v) is 3.16. The number of amides is 3. The van der Waals surface area contributed by atoms with E-state index in [1.807, 2.05) is 6.92 Å². The molecule has 5 nitrogen and oxygen atoms in total. The zero-order valence-electron chi connectivity index (χ0n) is 12.5. The van der Waals surface area contributed by atoms with Crippen LogP contribution in [-0.4, -0.2) is 42.0 Å². The molecule has 1 aliphatic heterocycles. The highest BCUT2D eigenvalue weighted by Crippen LogP contribution is 2.17. The Hall–Kier alpha value is -1.10. The van der Waals surface area contributed by atoms with Gasteiger partial charge in [0.1, 0.15) is 0 Å². The molecule has 2 N–H and O–H groups in total. The van der Waals surface area contributed by atoms with Gasteiger partial charge in [-0.15, -0.1) is 0 Å². The van der Waals surface area contributed by atoms with E-state index in [0.717, 1.165) is 38.8 Å². The summed E-state index contributed by atoms with van der Waals surface area (Å²) < 4.78 is 0. The molecule has 2 fully saturated rings. The van der Waals surface area contributed by atoms with E-state index in [2.05, 4.69) is 15.5 Å². The monoisotopic (exact) mass is 281 g/mol. The molecule has 2 rings (SSSR count). The van der Waals surface area contributed by atoms with Crippen LogP contribution >= 0.6 is 0 Å². The van der Waals surface area contributed by atoms with Gasteiger partial charge in [-0.05, 0) is 45.7 Å². The lowest BCUT2D eigenvalue weighted by Crippen LogP contribution is -2.52. The first-order valence-corrected chi connectivity index (χ1v) is 8.02. The van der Waals surface area contributed by atoms with Gasteiger partial charge in [0, 0.05) is 6.04 Å². The van der Waals surface area contributed by atoms with Crippen LogP contribution in [0.3, 0.4) is 0 Å². The van der Waals surface area contributed by atoms with Gasteiger partial charge < -0.3 is 5.32 Å². The van der Waals surface area contributed by atoms with Crippen molar-refractivity contribution in [1.82, 2.24) is 15.5 Å². The van der Waals surface area contributed by atoms with Crippen molar-refractivity contribution in [3.8, 4) is 0 Å². The SMILES string of the molecule is C[C@@H](C(=O)NC(=O)NC1CCCCC1)N1CCCCC1. The fraction of sp³-hybridized carbons (Fsp3) is 0.867. The summed E-state index contributed by atoms with van der Waals surface area (Å²) in [5.74, 6) is -0.180. The highest BCUT2D eigenvalue weighted by molar-refractivity contribution is 5.96. The highest BCUT2D eigenvalue weighted by Gasteiger charge is 2.25. The predicted octanol–water partition coefficient (Wildman–Crippen LogP) is 2.02. The second-order valence-electron chi connectivity index (χ2n) is 6.07. The predicted molar refractivity (Wildman–Crippen MR) is 78.4 cm³/mol. The number of hydrogen-bond acceptors (Lipinski definition) is 3. The molecular weight excluding hydrogens is 254 g/mol. The molecule has 1 atom stereocenters. The smallest absolute Gasteiger partial charge is 0.321 e. The minimum Gasteiger partial charge on any atom is -0.335 e. The molecule has 1 aliphatic carbocycles. The van der Waals surface area contributed by atoms with E-state index in [-0.39, 0.29) is 24.0 Å². The van der Waals surface area contributed by atoms with Crippen molar-refractivity contribution < 1.29 is 9.59 Å². The molecule has 0 bridgehead atoms. The molecule has 2 aliphatic rings. The van der Waals surface area contributed by atoms with Gasteiger partial charge in [-0.25, -0.2) is 4.79 Å². The minimum atomic E-state index is -0.328. The molecule has 1 heterocycles. The van der Waals surface area contributed by atoms with Crippen LogP contribution in [0, 0.1) is 0 Å². The molecule has 1 saturated heterocycles. The number of nitrogens with zero attached hydrogens (tertiary/aromatic N) is 1. The van der Waals surface area contributed by atoms with Crippen molar-refractivity contribution in [3.05, 3.63) is 0 Å². The topological polar surface area (TPSA) is 61.4 Å². The number of likely N-dealkylation sites (tertiary alicyclic amines) is 1. The second-order valence-corrected chi connectivity index (χ2v) is 6.07. The summed E-state index contributed by atoms with van der Waals surface area (Å²) in [6, 6.07) is -0.306. The van der Waals surface area contributed by atoms with Crippen LogP contribution < -0.4 is 10.6 Å². The molecule has 114 valence electrons. The van der Waals surface area contributed by atoms with E-state index in [1.165, 1.54) is 25.7 Å². The third-order valence-corrected chi connectivity index (χ3v) is 4.49. The quantitative estimate of drug-likeness (QED) is 0.832. The Morgan fingerprint density at radius 1 is 1.00 bits per heavy atom. The summed E-state index contributed by atoms with van der Waals surface area (Å²) in [6.07, 6.45) is 9.19. The van der Waals surface area contributed by atoms with E-state index in [1.54, 1.807) is 0 Å². The molecule has 0 aromatic carbocycles. The third-order valence-electron chi connectivity index (χ3n) is 4.49. The van der Waals surface area contributed by atoms with Crippen LogP contribution in [0.15, 0.2) is 0 Å². The first-order chi connectivity index (χ1) is 9.66. The lowest BCUT2D eigenvalue weighted by atomic mass is 9.96. The van der Waals surface area contributed by atoms with Crippen LogP contribution in [0.2, 0.25) is 0 Å². The summed E-state index contributed by atoms with van der Waals surface area (Å²) in [5.41, 5.74) is 0. The lowest BCUT2D eigenvalue weighted by Gasteiger charge is -2.31. The molecule has 0 unspecified atom stereocenters. The van der Waals surface area contributed by atoms with E-state index in [0.29, 0.717) is 0 Å². The number of imide groups is 1. The maximum Gasteiger partial charge on any atom is 0.321 e. The van der Waals surface area contributed by atoms with Crippen molar-refractivity contribution in [2.24, 2.45) is 0 Å². The van der Waals surface area contributed by atoms with Gasteiger partial charge in [0.2, 0.25) is 5.91 Å². The summed E-state index contributed by atoms with van der Waals surface area (Å²) in [4.78, 5) is 26.1. The van der Waals surface area contributed by atoms with Crippen molar-refractivity contribution in [3.63, 3.8) is 0 Å². The van der Waals surface area contributed by atoms with Gasteiger partial charge in [0.15, 0.2) is 0 Å². The number of nitrogens with one attached hydrogen (secondary N) is 2. The Morgan fingerprint density at radius 2 is 1.60 bits per heavy atom. The summed E-state index contributed by atoms with van der Waals surface area (Å²) in [7, 11) is 0. The van der Waals surface area contributed by atoms with Crippen molar-refractivity contribution in [2.45, 2.75) is 70.4 Å². The van der Waals surface area contributed by atoms with Crippen LogP contribution in [-0.2, 0) is 4.79 Å². The largest absolute Gasteiger partial charge is 0.335 e.